The molecule has 2 fully saturated rings. The molecule has 3 aliphatic rings. The van der Waals surface area contributed by atoms with Crippen LogP contribution in [0.5, 0.6) is 5.75 Å². The van der Waals surface area contributed by atoms with Crippen molar-refractivity contribution in [1.29, 1.82) is 0 Å². The van der Waals surface area contributed by atoms with Crippen LogP contribution >= 0.6 is 0 Å². The summed E-state index contributed by atoms with van der Waals surface area (Å²) < 4.78 is 0. The third-order valence-electron chi connectivity index (χ3n) is 8.63. The number of nitrogens with zero attached hydrogens (tertiary/aromatic N) is 1. The lowest BCUT2D eigenvalue weighted by molar-refractivity contribution is -0.167. The Bertz CT molecular complexity index is 1490. The van der Waals surface area contributed by atoms with Crippen molar-refractivity contribution in [2.24, 2.45) is 35.3 Å². The summed E-state index contributed by atoms with van der Waals surface area (Å²) in [5.74, 6) is -13.1. The number of phenols is 1. The number of phenolic OH excluding ortho intramolecular Hbond substituents is 1. The number of hydrogen-bond acceptors (Lipinski definition) is 9. The van der Waals surface area contributed by atoms with Gasteiger partial charge in [-0.05, 0) is 43.8 Å². The maximum Gasteiger partial charge on any atom is 0.323 e. The Balaban J connectivity index is 1.54. The fourth-order valence-corrected chi connectivity index (χ4v) is 6.89. The summed E-state index contributed by atoms with van der Waals surface area (Å²) in [4.78, 5) is 80.4. The molecular formula is C29H30N4O8. The molecule has 0 heterocycles. The zero-order valence-corrected chi connectivity index (χ0v) is 22.5. The zero-order valence-electron chi connectivity index (χ0n) is 22.5. The topological polar surface area (TPSA) is 196 Å². The van der Waals surface area contributed by atoms with Gasteiger partial charge in [0.1, 0.15) is 5.75 Å². The lowest BCUT2D eigenvalue weighted by Gasteiger charge is -2.52. The highest BCUT2D eigenvalue weighted by molar-refractivity contribution is 6.29. The van der Waals surface area contributed by atoms with Crippen molar-refractivity contribution < 1.29 is 39.0 Å². The van der Waals surface area contributed by atoms with E-state index in [1.807, 2.05) is 0 Å². The van der Waals surface area contributed by atoms with Gasteiger partial charge >= 0.3 is 6.03 Å². The molecule has 0 aliphatic heterocycles. The number of primary amides is 1. The first-order valence-electron chi connectivity index (χ1n) is 13.1. The molecule has 3 aliphatic carbocycles. The smallest absolute Gasteiger partial charge is 0.323 e. The number of benzene rings is 2. The molecule has 0 spiro atoms. The molecule has 0 saturated heterocycles. The number of nitrogens with one attached hydrogen (secondary N) is 2. The number of aliphatic hydroxyl groups excluding tert-OH is 1. The fourth-order valence-electron chi connectivity index (χ4n) is 6.89. The molecule has 2 saturated carbocycles. The first-order chi connectivity index (χ1) is 19.4. The second-order valence-electron chi connectivity index (χ2n) is 11.1. The highest BCUT2D eigenvalue weighted by atomic mass is 16.3. The van der Waals surface area contributed by atoms with Crippen molar-refractivity contribution in [3.63, 3.8) is 0 Å². The number of carbonyl (C=O) groups excluding carboxylic acids is 6. The standard InChI is InChI=1S/C29H30N4O8/c1-11-13-9-10-14(32-29(41)31-12-7-5-4-6-8-12)22(34)16(13)24(36)18-15(11)23(35)17-19(25(18)37)26(38)20(28(30)40)27(39)21(17)33(2)3/h4-11,15,17-21,23,34-35H,1-3H3,(H2,30,40)(H2,31,32,41)/t11-,15?,17?,18?,19?,20?,21-,23-/m0/s1. The van der Waals surface area contributed by atoms with Crippen molar-refractivity contribution in [1.82, 2.24) is 4.90 Å². The Kier molecular flexibility index (Phi) is 7.00. The van der Waals surface area contributed by atoms with E-state index in [4.69, 9.17) is 5.73 Å². The Morgan fingerprint density at radius 1 is 0.878 bits per heavy atom. The number of anilines is 2. The maximum atomic E-state index is 13.9. The molecule has 3 amide bonds. The number of rotatable bonds is 4. The van der Waals surface area contributed by atoms with Crippen LogP contribution in [-0.4, -0.2) is 76.4 Å². The number of aromatic hydroxyl groups is 1. The van der Waals surface area contributed by atoms with E-state index in [9.17, 15) is 39.0 Å². The highest BCUT2D eigenvalue weighted by Crippen LogP contribution is 2.53. The summed E-state index contributed by atoms with van der Waals surface area (Å²) in [6.45, 7) is 1.68. The van der Waals surface area contributed by atoms with Crippen LogP contribution in [0.2, 0.25) is 0 Å². The van der Waals surface area contributed by atoms with Gasteiger partial charge in [-0.1, -0.05) is 31.2 Å². The van der Waals surface area contributed by atoms with Gasteiger partial charge in [-0.3, -0.25) is 28.9 Å². The van der Waals surface area contributed by atoms with Crippen LogP contribution in [0.1, 0.15) is 28.8 Å². The van der Waals surface area contributed by atoms with Gasteiger partial charge in [-0.2, -0.15) is 0 Å². The van der Waals surface area contributed by atoms with E-state index in [1.165, 1.54) is 31.1 Å². The van der Waals surface area contributed by atoms with Crippen molar-refractivity contribution in [2.45, 2.75) is 25.0 Å². The summed E-state index contributed by atoms with van der Waals surface area (Å²) in [6.07, 6.45) is -1.44. The minimum Gasteiger partial charge on any atom is -0.505 e. The van der Waals surface area contributed by atoms with Crippen LogP contribution in [0.4, 0.5) is 16.2 Å². The van der Waals surface area contributed by atoms with Crippen molar-refractivity contribution in [3.05, 3.63) is 53.6 Å². The second kappa shape index (κ2) is 10.2. The molecule has 5 rings (SSSR count). The molecule has 41 heavy (non-hydrogen) atoms. The van der Waals surface area contributed by atoms with Gasteiger partial charge in [0, 0.05) is 17.5 Å². The molecule has 214 valence electrons. The Hall–Kier alpha value is -4.42. The van der Waals surface area contributed by atoms with Gasteiger partial charge in [0.05, 0.1) is 35.2 Å². The number of aliphatic hydroxyl groups is 1. The lowest BCUT2D eigenvalue weighted by Crippen LogP contribution is -2.69. The average Bonchev–Trinajstić information content (AvgIpc) is 2.90. The van der Waals surface area contributed by atoms with Crippen LogP contribution in [0.25, 0.3) is 0 Å². The van der Waals surface area contributed by atoms with E-state index >= 15 is 0 Å². The van der Waals surface area contributed by atoms with Gasteiger partial charge in [0.2, 0.25) is 5.91 Å². The summed E-state index contributed by atoms with van der Waals surface area (Å²) in [5, 5.41) is 27.8. The monoisotopic (exact) mass is 562 g/mol. The van der Waals surface area contributed by atoms with Gasteiger partial charge in [0.15, 0.2) is 29.1 Å². The molecule has 6 N–H and O–H groups in total. The fraction of sp³-hybridized carbons (Fsp3) is 0.379. The molecule has 12 nitrogen and oxygen atoms in total. The van der Waals surface area contributed by atoms with E-state index in [2.05, 4.69) is 10.6 Å². The number of hydrogen-bond donors (Lipinski definition) is 5. The maximum absolute atomic E-state index is 13.9. The third kappa shape index (κ3) is 4.30. The van der Waals surface area contributed by atoms with Crippen molar-refractivity contribution in [2.75, 3.05) is 24.7 Å². The van der Waals surface area contributed by atoms with Crippen LogP contribution in [0.15, 0.2) is 42.5 Å². The quantitative estimate of drug-likeness (QED) is 0.266. The van der Waals surface area contributed by atoms with E-state index in [-0.39, 0.29) is 11.3 Å². The van der Waals surface area contributed by atoms with E-state index in [0.717, 1.165) is 0 Å². The lowest BCUT2D eigenvalue weighted by atomic mass is 9.51. The first kappa shape index (κ1) is 28.1. The number of ketones is 4. The van der Waals surface area contributed by atoms with Gasteiger partial charge in [0.25, 0.3) is 0 Å². The third-order valence-corrected chi connectivity index (χ3v) is 8.63. The molecule has 5 unspecified atom stereocenters. The van der Waals surface area contributed by atoms with E-state index < -0.39 is 88.5 Å². The Labute approximate surface area is 234 Å². The predicted octanol–water partition coefficient (Wildman–Crippen LogP) is 0.928. The number of fused-ring (bicyclic) bond motifs is 3. The minimum absolute atomic E-state index is 0.0846. The molecule has 12 heteroatoms. The van der Waals surface area contributed by atoms with E-state index in [0.29, 0.717) is 11.3 Å². The number of para-hydroxylation sites is 1. The molecule has 0 bridgehead atoms. The second-order valence-corrected chi connectivity index (χ2v) is 11.1. The minimum atomic E-state index is -1.88. The summed E-state index contributed by atoms with van der Waals surface area (Å²) >= 11 is 0. The van der Waals surface area contributed by atoms with Gasteiger partial charge in [-0.25, -0.2) is 4.79 Å². The highest BCUT2D eigenvalue weighted by Gasteiger charge is 2.65. The average molecular weight is 563 g/mol. The van der Waals surface area contributed by atoms with Gasteiger partial charge in [-0.15, -0.1) is 0 Å². The molecule has 0 aromatic heterocycles. The largest absolute Gasteiger partial charge is 0.505 e. The predicted molar refractivity (Wildman–Crippen MR) is 145 cm³/mol. The summed E-state index contributed by atoms with van der Waals surface area (Å²) in [7, 11) is 3.06. The molecule has 2 aromatic rings. The SMILES string of the molecule is C[C@H]1c2ccc(NC(=O)Nc3ccccc3)c(O)c2C(=O)C2C(=O)C3C(=O)C(C(N)=O)C(=O)[C@@H](N(C)C)C3[C@@H](O)C21. The van der Waals surface area contributed by atoms with Crippen LogP contribution in [0, 0.1) is 29.6 Å². The molecular weight excluding hydrogens is 532 g/mol. The van der Waals surface area contributed by atoms with E-state index in [1.54, 1.807) is 37.3 Å². The van der Waals surface area contributed by atoms with Crippen LogP contribution < -0.4 is 16.4 Å². The van der Waals surface area contributed by atoms with Gasteiger partial charge < -0.3 is 26.6 Å². The van der Waals surface area contributed by atoms with Crippen LogP contribution in [-0.2, 0) is 19.2 Å². The Morgan fingerprint density at radius 3 is 2.15 bits per heavy atom. The Morgan fingerprint density at radius 2 is 1.54 bits per heavy atom. The number of amides is 3. The zero-order chi connectivity index (χ0) is 29.9. The van der Waals surface area contributed by atoms with Crippen LogP contribution in [0.3, 0.4) is 0 Å². The normalized spacial score (nSPS) is 30.8. The summed E-state index contributed by atoms with van der Waals surface area (Å²) in [5.41, 5.74) is 5.92. The molecule has 8 atom stereocenters. The molecule has 0 radical (unpaired) electrons. The first-order valence-corrected chi connectivity index (χ1v) is 13.1. The number of Topliss-reactive ketones (excluding diaryl/α,β-unsaturated/α-hetero) is 4. The molecule has 2 aromatic carbocycles. The number of carbonyl (C=O) groups is 6. The van der Waals surface area contributed by atoms with Crippen molar-refractivity contribution in [3.8, 4) is 5.75 Å². The number of urea groups is 1. The number of nitrogens with two attached hydrogens (primary N) is 1. The van der Waals surface area contributed by atoms with Crippen molar-refractivity contribution >= 4 is 46.4 Å². The number of likely N-dealkylation sites (N-methyl/N-ethyl adjacent to an activating group) is 1. The summed E-state index contributed by atoms with van der Waals surface area (Å²) in [6, 6.07) is 9.64.